The average molecular weight is 296 g/mol. The molecule has 3 aromatic rings. The summed E-state index contributed by atoms with van der Waals surface area (Å²) in [5.41, 5.74) is 2.87. The van der Waals surface area contributed by atoms with E-state index in [1.165, 1.54) is 6.07 Å². The third kappa shape index (κ3) is 2.03. The highest BCUT2D eigenvalue weighted by molar-refractivity contribution is 5.77. The van der Waals surface area contributed by atoms with Crippen molar-refractivity contribution in [1.29, 1.82) is 0 Å². The molecular weight excluding hydrogens is 284 g/mol. The van der Waals surface area contributed by atoms with Crippen LogP contribution < -0.4 is 0 Å². The Hall–Kier alpha value is -3.09. The fourth-order valence-electron chi connectivity index (χ4n) is 2.43. The highest BCUT2D eigenvalue weighted by atomic mass is 16.6. The molecular formula is C15H12N4O3. The van der Waals surface area contributed by atoms with Gasteiger partial charge in [-0.25, -0.2) is 4.98 Å². The topological polar surface area (TPSA) is 89.9 Å². The Bertz CT molecular complexity index is 915. The van der Waals surface area contributed by atoms with Crippen molar-refractivity contribution in [2.24, 2.45) is 5.18 Å². The van der Waals surface area contributed by atoms with Crippen molar-refractivity contribution >= 4 is 17.2 Å². The molecule has 7 heteroatoms. The maximum absolute atomic E-state index is 11.2. The molecule has 0 aliphatic carbocycles. The maximum Gasteiger partial charge on any atom is 0.272 e. The molecule has 0 saturated carbocycles. The molecule has 2 heterocycles. The van der Waals surface area contributed by atoms with E-state index in [2.05, 4.69) is 10.2 Å². The molecule has 0 spiro atoms. The molecule has 0 fully saturated rings. The van der Waals surface area contributed by atoms with Crippen LogP contribution in [0.15, 0.2) is 41.7 Å². The molecule has 110 valence electrons. The summed E-state index contributed by atoms with van der Waals surface area (Å²) in [5.74, 6) is 0.136. The van der Waals surface area contributed by atoms with Gasteiger partial charge in [-0.05, 0) is 30.7 Å². The zero-order valence-electron chi connectivity index (χ0n) is 12.0. The summed E-state index contributed by atoms with van der Waals surface area (Å²) in [7, 11) is 0. The molecule has 0 bridgehead atoms. The van der Waals surface area contributed by atoms with E-state index in [1.807, 2.05) is 13.0 Å². The van der Waals surface area contributed by atoms with Crippen molar-refractivity contribution in [2.75, 3.05) is 0 Å². The van der Waals surface area contributed by atoms with Crippen molar-refractivity contribution in [3.63, 3.8) is 0 Å². The molecule has 0 unspecified atom stereocenters. The average Bonchev–Trinajstić information content (AvgIpc) is 2.87. The maximum atomic E-state index is 11.2. The largest absolute Gasteiger partial charge is 0.281 e. The van der Waals surface area contributed by atoms with Gasteiger partial charge in [-0.15, -0.1) is 4.91 Å². The molecule has 0 atom stereocenters. The predicted octanol–water partition coefficient (Wildman–Crippen LogP) is 3.92. The molecule has 0 aliphatic heterocycles. The summed E-state index contributed by atoms with van der Waals surface area (Å²) in [4.78, 5) is 26.3. The first-order valence-corrected chi connectivity index (χ1v) is 6.59. The van der Waals surface area contributed by atoms with Crippen molar-refractivity contribution in [3.05, 3.63) is 62.7 Å². The molecule has 22 heavy (non-hydrogen) atoms. The van der Waals surface area contributed by atoms with E-state index in [-0.39, 0.29) is 11.5 Å². The molecule has 0 radical (unpaired) electrons. The van der Waals surface area contributed by atoms with Crippen LogP contribution in [0.5, 0.6) is 0 Å². The molecule has 0 N–H and O–H groups in total. The highest BCUT2D eigenvalue weighted by Crippen LogP contribution is 2.34. The van der Waals surface area contributed by atoms with Gasteiger partial charge in [0.2, 0.25) is 5.82 Å². The van der Waals surface area contributed by atoms with Gasteiger partial charge >= 0.3 is 0 Å². The lowest BCUT2D eigenvalue weighted by atomic mass is 10.1. The van der Waals surface area contributed by atoms with E-state index in [0.29, 0.717) is 22.5 Å². The van der Waals surface area contributed by atoms with Crippen LogP contribution in [0.3, 0.4) is 0 Å². The number of nitroso groups, excluding NO2 is 1. The van der Waals surface area contributed by atoms with Crippen LogP contribution in [0, 0.1) is 28.9 Å². The number of fused-ring (bicyclic) bond motifs is 1. The normalized spacial score (nSPS) is 10.8. The first kappa shape index (κ1) is 13.9. The number of nitro groups is 1. The third-order valence-electron chi connectivity index (χ3n) is 3.59. The molecule has 0 aliphatic rings. The standard InChI is InChI=1S/C15H12N4O3/c1-9-5-6-11(8-12(9)19(21)22)13-15(17-20)18-7-3-4-10(2)14(18)16-13/h3-8H,1-2H3. The first-order valence-electron chi connectivity index (χ1n) is 6.59. The van der Waals surface area contributed by atoms with Gasteiger partial charge in [0.15, 0.2) is 0 Å². The summed E-state index contributed by atoms with van der Waals surface area (Å²) < 4.78 is 1.59. The second kappa shape index (κ2) is 5.03. The fourth-order valence-corrected chi connectivity index (χ4v) is 2.43. The number of nitrogens with zero attached hydrogens (tertiary/aromatic N) is 4. The molecule has 2 aromatic heterocycles. The number of rotatable bonds is 3. The Morgan fingerprint density at radius 3 is 2.68 bits per heavy atom. The summed E-state index contributed by atoms with van der Waals surface area (Å²) in [5, 5.41) is 14.1. The van der Waals surface area contributed by atoms with Crippen LogP contribution in [0.4, 0.5) is 11.5 Å². The molecule has 7 nitrogen and oxygen atoms in total. The Kier molecular flexibility index (Phi) is 3.17. The first-order chi connectivity index (χ1) is 10.5. The zero-order valence-corrected chi connectivity index (χ0v) is 12.0. The fraction of sp³-hybridized carbons (Fsp3) is 0.133. The van der Waals surface area contributed by atoms with E-state index in [0.717, 1.165) is 5.56 Å². The van der Waals surface area contributed by atoms with Gasteiger partial charge in [-0.1, -0.05) is 18.2 Å². The van der Waals surface area contributed by atoms with Crippen LogP contribution in [0.1, 0.15) is 11.1 Å². The number of imidazole rings is 1. The number of aromatic nitrogens is 2. The Balaban J connectivity index is 2.31. The predicted molar refractivity (Wildman–Crippen MR) is 82.2 cm³/mol. The lowest BCUT2D eigenvalue weighted by molar-refractivity contribution is -0.385. The van der Waals surface area contributed by atoms with Gasteiger partial charge in [0.05, 0.1) is 4.92 Å². The summed E-state index contributed by atoms with van der Waals surface area (Å²) in [6, 6.07) is 8.42. The molecule has 0 saturated heterocycles. The van der Waals surface area contributed by atoms with Crippen molar-refractivity contribution in [1.82, 2.24) is 9.38 Å². The van der Waals surface area contributed by atoms with Crippen LogP contribution in [0.25, 0.3) is 16.9 Å². The third-order valence-corrected chi connectivity index (χ3v) is 3.59. The zero-order chi connectivity index (χ0) is 15.9. The minimum atomic E-state index is -0.451. The quantitative estimate of drug-likeness (QED) is 0.416. The second-order valence-corrected chi connectivity index (χ2v) is 5.02. The van der Waals surface area contributed by atoms with Gasteiger partial charge in [-0.3, -0.25) is 14.5 Å². The number of aryl methyl sites for hydroxylation is 2. The lowest BCUT2D eigenvalue weighted by Crippen LogP contribution is -1.92. The van der Waals surface area contributed by atoms with Gasteiger partial charge in [-0.2, -0.15) is 0 Å². The van der Waals surface area contributed by atoms with E-state index >= 15 is 0 Å². The van der Waals surface area contributed by atoms with Crippen molar-refractivity contribution < 1.29 is 4.92 Å². The van der Waals surface area contributed by atoms with Crippen LogP contribution in [0.2, 0.25) is 0 Å². The molecule has 0 amide bonds. The number of pyridine rings is 1. The van der Waals surface area contributed by atoms with E-state index in [4.69, 9.17) is 0 Å². The number of hydrogen-bond donors (Lipinski definition) is 0. The Labute approximate surface area is 125 Å². The van der Waals surface area contributed by atoms with Gasteiger partial charge in [0, 0.05) is 23.4 Å². The van der Waals surface area contributed by atoms with Crippen molar-refractivity contribution in [2.45, 2.75) is 13.8 Å². The van der Waals surface area contributed by atoms with E-state index in [1.54, 1.807) is 35.7 Å². The number of hydrogen-bond acceptors (Lipinski definition) is 5. The molecule has 3 rings (SSSR count). The van der Waals surface area contributed by atoms with Gasteiger partial charge in [0.25, 0.3) is 5.69 Å². The van der Waals surface area contributed by atoms with E-state index < -0.39 is 4.92 Å². The lowest BCUT2D eigenvalue weighted by Gasteiger charge is -2.01. The molecule has 1 aromatic carbocycles. The Morgan fingerprint density at radius 1 is 1.23 bits per heavy atom. The summed E-state index contributed by atoms with van der Waals surface area (Å²) >= 11 is 0. The minimum Gasteiger partial charge on any atom is -0.281 e. The minimum absolute atomic E-state index is 0.0110. The summed E-state index contributed by atoms with van der Waals surface area (Å²) in [6.07, 6.45) is 1.69. The highest BCUT2D eigenvalue weighted by Gasteiger charge is 2.19. The monoisotopic (exact) mass is 296 g/mol. The van der Waals surface area contributed by atoms with Crippen LogP contribution >= 0.6 is 0 Å². The van der Waals surface area contributed by atoms with Crippen molar-refractivity contribution in [3.8, 4) is 11.3 Å². The van der Waals surface area contributed by atoms with Gasteiger partial charge < -0.3 is 0 Å². The number of nitro benzene ring substituents is 1. The SMILES string of the molecule is Cc1ccc(-c2nc3c(C)cccn3c2N=O)cc1[N+](=O)[O-]. The van der Waals surface area contributed by atoms with Crippen LogP contribution in [-0.4, -0.2) is 14.3 Å². The summed E-state index contributed by atoms with van der Waals surface area (Å²) in [6.45, 7) is 3.53. The second-order valence-electron chi connectivity index (χ2n) is 5.02. The van der Waals surface area contributed by atoms with E-state index in [9.17, 15) is 15.0 Å². The van der Waals surface area contributed by atoms with Gasteiger partial charge in [0.1, 0.15) is 11.3 Å². The number of benzene rings is 1. The van der Waals surface area contributed by atoms with Crippen LogP contribution in [-0.2, 0) is 0 Å². The Morgan fingerprint density at radius 2 is 2.00 bits per heavy atom. The smallest absolute Gasteiger partial charge is 0.272 e.